The molecule has 0 bridgehead atoms. The molecule has 0 aliphatic carbocycles. The lowest BCUT2D eigenvalue weighted by Gasteiger charge is -2.18. The third-order valence-electron chi connectivity index (χ3n) is 2.47. The minimum absolute atomic E-state index is 0.565. The molecule has 1 N–H and O–H groups in total. The zero-order chi connectivity index (χ0) is 17.5. The van der Waals surface area contributed by atoms with Gasteiger partial charge in [-0.15, -0.1) is 0 Å². The van der Waals surface area contributed by atoms with Crippen molar-refractivity contribution in [1.82, 2.24) is 5.43 Å². The molecule has 128 valence electrons. The van der Waals surface area contributed by atoms with Crippen LogP contribution in [0.15, 0.2) is 21.7 Å². The topological polar surface area (TPSA) is 69.2 Å². The van der Waals surface area contributed by atoms with Gasteiger partial charge in [0.2, 0.25) is 0 Å². The van der Waals surface area contributed by atoms with Gasteiger partial charge in [-0.3, -0.25) is 0 Å². The minimum atomic E-state index is -0.609. The standard InChI is InChI=1S/C16H23BrN2O4/c1-6-7-22-14-12(17)8-11(9-13(14)21-5)10-18-19-15(20)23-16(2,3)4/h8-10H,6-7H2,1-5H3,(H,19,20)/b18-10-. The van der Waals surface area contributed by atoms with Gasteiger partial charge in [0.25, 0.3) is 0 Å². The van der Waals surface area contributed by atoms with E-state index in [1.165, 1.54) is 6.21 Å². The smallest absolute Gasteiger partial charge is 0.428 e. The Morgan fingerprint density at radius 1 is 1.39 bits per heavy atom. The maximum atomic E-state index is 11.5. The number of rotatable bonds is 6. The number of halogens is 1. The first-order valence-corrected chi connectivity index (χ1v) is 8.08. The molecule has 0 aliphatic heterocycles. The maximum Gasteiger partial charge on any atom is 0.428 e. The molecule has 0 unspecified atom stereocenters. The molecule has 1 rings (SSSR count). The van der Waals surface area contributed by atoms with Crippen molar-refractivity contribution in [3.63, 3.8) is 0 Å². The van der Waals surface area contributed by atoms with Crippen LogP contribution < -0.4 is 14.9 Å². The Morgan fingerprint density at radius 3 is 2.65 bits per heavy atom. The van der Waals surface area contributed by atoms with Crippen LogP contribution in [-0.2, 0) is 4.74 Å². The van der Waals surface area contributed by atoms with Crippen molar-refractivity contribution in [1.29, 1.82) is 0 Å². The van der Waals surface area contributed by atoms with E-state index in [0.717, 1.165) is 16.5 Å². The SMILES string of the molecule is CCCOc1c(Br)cc(/C=N\NC(=O)OC(C)(C)C)cc1OC. The van der Waals surface area contributed by atoms with Gasteiger partial charge in [-0.05, 0) is 60.8 Å². The van der Waals surface area contributed by atoms with Gasteiger partial charge in [-0.25, -0.2) is 10.2 Å². The van der Waals surface area contributed by atoms with Gasteiger partial charge in [0.05, 0.1) is 24.4 Å². The van der Waals surface area contributed by atoms with E-state index in [4.69, 9.17) is 14.2 Å². The van der Waals surface area contributed by atoms with E-state index in [0.29, 0.717) is 18.1 Å². The van der Waals surface area contributed by atoms with Crippen molar-refractivity contribution in [2.24, 2.45) is 5.10 Å². The molecule has 0 fully saturated rings. The average Bonchev–Trinajstić information content (AvgIpc) is 2.43. The molecule has 0 aromatic heterocycles. The molecule has 0 spiro atoms. The number of hydrazone groups is 1. The van der Waals surface area contributed by atoms with Crippen molar-refractivity contribution in [3.8, 4) is 11.5 Å². The van der Waals surface area contributed by atoms with E-state index < -0.39 is 11.7 Å². The first kappa shape index (κ1) is 19.3. The predicted molar refractivity (Wildman–Crippen MR) is 93.4 cm³/mol. The largest absolute Gasteiger partial charge is 0.493 e. The second-order valence-electron chi connectivity index (χ2n) is 5.75. The van der Waals surface area contributed by atoms with E-state index in [-0.39, 0.29) is 0 Å². The van der Waals surface area contributed by atoms with E-state index in [1.807, 2.05) is 13.0 Å². The van der Waals surface area contributed by atoms with Crippen LogP contribution in [0.25, 0.3) is 0 Å². The number of hydrogen-bond donors (Lipinski definition) is 1. The van der Waals surface area contributed by atoms with Crippen LogP contribution in [-0.4, -0.2) is 31.6 Å². The van der Waals surface area contributed by atoms with Gasteiger partial charge >= 0.3 is 6.09 Å². The van der Waals surface area contributed by atoms with E-state index in [1.54, 1.807) is 33.9 Å². The first-order valence-electron chi connectivity index (χ1n) is 7.29. The summed E-state index contributed by atoms with van der Waals surface area (Å²) in [5.74, 6) is 1.23. The molecule has 7 heteroatoms. The Hall–Kier alpha value is -1.76. The quantitative estimate of drug-likeness (QED) is 0.589. The molecule has 1 aromatic rings. The summed E-state index contributed by atoms with van der Waals surface area (Å²) in [6, 6.07) is 3.60. The predicted octanol–water partition coefficient (Wildman–Crippen LogP) is 4.11. The van der Waals surface area contributed by atoms with Gasteiger partial charge in [0, 0.05) is 0 Å². The van der Waals surface area contributed by atoms with Crippen LogP contribution in [0.4, 0.5) is 4.79 Å². The molecule has 6 nitrogen and oxygen atoms in total. The number of nitrogens with one attached hydrogen (secondary N) is 1. The lowest BCUT2D eigenvalue weighted by atomic mass is 10.2. The van der Waals surface area contributed by atoms with Gasteiger partial charge < -0.3 is 14.2 Å². The summed E-state index contributed by atoms with van der Waals surface area (Å²) in [7, 11) is 1.57. The summed E-state index contributed by atoms with van der Waals surface area (Å²) in [6.07, 6.45) is 1.79. The zero-order valence-corrected chi connectivity index (χ0v) is 15.7. The highest BCUT2D eigenvalue weighted by molar-refractivity contribution is 9.10. The number of ether oxygens (including phenoxy) is 3. The maximum absolute atomic E-state index is 11.5. The summed E-state index contributed by atoms with van der Waals surface area (Å²) in [5, 5.41) is 3.87. The fourth-order valence-electron chi connectivity index (χ4n) is 1.62. The first-order chi connectivity index (χ1) is 10.8. The minimum Gasteiger partial charge on any atom is -0.493 e. The summed E-state index contributed by atoms with van der Waals surface area (Å²) in [6.45, 7) is 7.99. The summed E-state index contributed by atoms with van der Waals surface area (Å²) < 4.78 is 16.8. The Bertz CT molecular complexity index is 568. The molecule has 0 atom stereocenters. The Morgan fingerprint density at radius 2 is 2.09 bits per heavy atom. The number of amides is 1. The van der Waals surface area contributed by atoms with Crippen LogP contribution in [0.2, 0.25) is 0 Å². The second-order valence-corrected chi connectivity index (χ2v) is 6.61. The molecule has 1 amide bonds. The van der Waals surface area contributed by atoms with Crippen molar-refractivity contribution in [2.45, 2.75) is 39.7 Å². The van der Waals surface area contributed by atoms with Gasteiger partial charge in [-0.1, -0.05) is 6.92 Å². The molecular weight excluding hydrogens is 364 g/mol. The summed E-state index contributed by atoms with van der Waals surface area (Å²) >= 11 is 3.45. The van der Waals surface area contributed by atoms with Gasteiger partial charge in [0.1, 0.15) is 5.60 Å². The molecule has 0 saturated heterocycles. The lowest BCUT2D eigenvalue weighted by molar-refractivity contribution is 0.0529. The van der Waals surface area contributed by atoms with Crippen molar-refractivity contribution >= 4 is 28.2 Å². The molecule has 0 heterocycles. The van der Waals surface area contributed by atoms with E-state index >= 15 is 0 Å². The van der Waals surface area contributed by atoms with Gasteiger partial charge in [-0.2, -0.15) is 5.10 Å². The van der Waals surface area contributed by atoms with E-state index in [2.05, 4.69) is 26.5 Å². The van der Waals surface area contributed by atoms with Crippen LogP contribution in [0.3, 0.4) is 0 Å². The fourth-order valence-corrected chi connectivity index (χ4v) is 2.19. The number of carbonyl (C=O) groups excluding carboxylic acids is 1. The highest BCUT2D eigenvalue weighted by Gasteiger charge is 2.15. The number of hydrogen-bond acceptors (Lipinski definition) is 5. The summed E-state index contributed by atoms with van der Waals surface area (Å²) in [5.41, 5.74) is 2.49. The zero-order valence-electron chi connectivity index (χ0n) is 14.1. The Labute approximate surface area is 145 Å². The molecule has 0 saturated carbocycles. The highest BCUT2D eigenvalue weighted by Crippen LogP contribution is 2.36. The van der Waals surface area contributed by atoms with Crippen molar-refractivity contribution < 1.29 is 19.0 Å². The number of nitrogens with zero attached hydrogens (tertiary/aromatic N) is 1. The van der Waals surface area contributed by atoms with Crippen LogP contribution in [0.5, 0.6) is 11.5 Å². The van der Waals surface area contributed by atoms with E-state index in [9.17, 15) is 4.79 Å². The molecule has 0 aliphatic rings. The highest BCUT2D eigenvalue weighted by atomic mass is 79.9. The van der Waals surface area contributed by atoms with Gasteiger partial charge in [0.15, 0.2) is 11.5 Å². The van der Waals surface area contributed by atoms with Crippen LogP contribution in [0.1, 0.15) is 39.7 Å². The van der Waals surface area contributed by atoms with Crippen LogP contribution >= 0.6 is 15.9 Å². The Balaban J connectivity index is 2.79. The third kappa shape index (κ3) is 6.90. The van der Waals surface area contributed by atoms with Crippen LogP contribution in [0, 0.1) is 0 Å². The van der Waals surface area contributed by atoms with Crippen molar-refractivity contribution in [3.05, 3.63) is 22.2 Å². The fraction of sp³-hybridized carbons (Fsp3) is 0.500. The number of methoxy groups -OCH3 is 1. The second kappa shape index (κ2) is 8.76. The lowest BCUT2D eigenvalue weighted by Crippen LogP contribution is -2.29. The summed E-state index contributed by atoms with van der Waals surface area (Å²) in [4.78, 5) is 11.5. The monoisotopic (exact) mass is 386 g/mol. The number of carbonyl (C=O) groups is 1. The Kier molecular flexibility index (Phi) is 7.35. The number of benzene rings is 1. The third-order valence-corrected chi connectivity index (χ3v) is 3.06. The normalized spacial score (nSPS) is 11.4. The molecule has 23 heavy (non-hydrogen) atoms. The molecule has 1 aromatic carbocycles. The molecular formula is C16H23BrN2O4. The van der Waals surface area contributed by atoms with Crippen molar-refractivity contribution in [2.75, 3.05) is 13.7 Å². The average molecular weight is 387 g/mol. The molecule has 0 radical (unpaired) electrons.